The van der Waals surface area contributed by atoms with Gasteiger partial charge in [-0.05, 0) is 24.6 Å². The molecule has 31 heavy (non-hydrogen) atoms. The normalized spacial score (nSPS) is 12.6. The maximum atomic E-state index is 13.4. The Kier molecular flexibility index (Phi) is 6.20. The first kappa shape index (κ1) is 23.5. The Hall–Kier alpha value is -3.75. The Balaban J connectivity index is 2.82. The molecule has 0 aliphatic heterocycles. The van der Waals surface area contributed by atoms with Crippen LogP contribution >= 0.6 is 0 Å². The summed E-state index contributed by atoms with van der Waals surface area (Å²) in [7, 11) is 0. The Morgan fingerprint density at radius 2 is 1.61 bits per heavy atom. The number of aliphatic imine (C=N–C) groups is 1. The van der Waals surface area contributed by atoms with Crippen molar-refractivity contribution in [2.24, 2.45) is 4.99 Å². The molecule has 0 fully saturated rings. The van der Waals surface area contributed by atoms with Gasteiger partial charge in [-0.15, -0.1) is 0 Å². The van der Waals surface area contributed by atoms with Gasteiger partial charge in [0, 0.05) is 11.6 Å². The summed E-state index contributed by atoms with van der Waals surface area (Å²) in [5, 5.41) is 31.4. The number of non-ortho nitro benzene ring substituents is 1. The van der Waals surface area contributed by atoms with E-state index in [2.05, 4.69) is 4.99 Å². The fourth-order valence-electron chi connectivity index (χ4n) is 2.55. The number of alkyl halides is 6. The number of nitrogens with zero attached hydrogens (tertiary/aromatic N) is 3. The van der Waals surface area contributed by atoms with Crippen molar-refractivity contribution < 1.29 is 41.4 Å². The molecule has 0 atom stereocenters. The summed E-state index contributed by atoms with van der Waals surface area (Å²) in [6.07, 6.45) is -10.1. The lowest BCUT2D eigenvalue weighted by atomic mass is 10.0. The van der Waals surface area contributed by atoms with Crippen LogP contribution in [0.15, 0.2) is 35.3 Å². The molecular formula is C16H10F6N4O5. The van der Waals surface area contributed by atoms with Crippen LogP contribution in [0.2, 0.25) is 0 Å². The highest BCUT2D eigenvalue weighted by Gasteiger charge is 2.40. The third-order valence-electron chi connectivity index (χ3n) is 3.93. The van der Waals surface area contributed by atoms with Gasteiger partial charge in [0.25, 0.3) is 5.69 Å². The highest BCUT2D eigenvalue weighted by Crippen LogP contribution is 2.44. The zero-order valence-electron chi connectivity index (χ0n) is 15.1. The summed E-state index contributed by atoms with van der Waals surface area (Å²) in [6, 6.07) is 2.22. The molecule has 0 saturated carbocycles. The van der Waals surface area contributed by atoms with Crippen molar-refractivity contribution in [1.82, 2.24) is 5.48 Å². The number of hydrogen-bond acceptors (Lipinski definition) is 6. The average Bonchev–Trinajstić information content (AvgIpc) is 2.64. The fraction of sp³-hybridized carbons (Fsp3) is 0.188. The molecule has 0 radical (unpaired) electrons. The van der Waals surface area contributed by atoms with Crippen LogP contribution in [0.25, 0.3) is 0 Å². The lowest BCUT2D eigenvalue weighted by Gasteiger charge is -2.14. The fourth-order valence-corrected chi connectivity index (χ4v) is 2.55. The van der Waals surface area contributed by atoms with E-state index < -0.39 is 56.2 Å². The molecule has 0 spiro atoms. The van der Waals surface area contributed by atoms with Crippen LogP contribution in [0.3, 0.4) is 0 Å². The predicted octanol–water partition coefficient (Wildman–Crippen LogP) is 4.91. The highest BCUT2D eigenvalue weighted by atomic mass is 19.4. The molecule has 0 aliphatic carbocycles. The third kappa shape index (κ3) is 5.06. The molecule has 2 rings (SSSR count). The lowest BCUT2D eigenvalue weighted by Crippen LogP contribution is -2.22. The molecule has 166 valence electrons. The second kappa shape index (κ2) is 8.17. The molecule has 15 heteroatoms. The van der Waals surface area contributed by atoms with Crippen LogP contribution in [0.4, 0.5) is 43.4 Å². The van der Waals surface area contributed by atoms with Gasteiger partial charge >= 0.3 is 18.0 Å². The Morgan fingerprint density at radius 3 is 2.03 bits per heavy atom. The molecule has 0 bridgehead atoms. The molecule has 0 amide bonds. The summed E-state index contributed by atoms with van der Waals surface area (Å²) >= 11 is 0. The molecule has 0 saturated heterocycles. The molecule has 2 aromatic carbocycles. The van der Waals surface area contributed by atoms with Crippen LogP contribution in [-0.2, 0) is 12.4 Å². The summed E-state index contributed by atoms with van der Waals surface area (Å²) < 4.78 is 78.7. The first-order chi connectivity index (χ1) is 14.2. The van der Waals surface area contributed by atoms with E-state index in [9.17, 15) is 51.8 Å². The number of amidine groups is 1. The lowest BCUT2D eigenvalue weighted by molar-refractivity contribution is -0.394. The molecule has 2 aromatic rings. The summed E-state index contributed by atoms with van der Waals surface area (Å²) in [5.74, 6) is -0.853. The van der Waals surface area contributed by atoms with E-state index >= 15 is 0 Å². The zero-order valence-corrected chi connectivity index (χ0v) is 15.1. The summed E-state index contributed by atoms with van der Waals surface area (Å²) in [4.78, 5) is 22.9. The van der Waals surface area contributed by atoms with Crippen molar-refractivity contribution in [3.8, 4) is 0 Å². The molecule has 0 unspecified atom stereocenters. The van der Waals surface area contributed by atoms with Crippen LogP contribution < -0.4 is 5.48 Å². The van der Waals surface area contributed by atoms with Gasteiger partial charge in [-0.25, -0.2) is 4.99 Å². The molecule has 0 aliphatic rings. The van der Waals surface area contributed by atoms with Gasteiger partial charge in [0.1, 0.15) is 0 Å². The Bertz CT molecular complexity index is 1080. The largest absolute Gasteiger partial charge is 0.418 e. The molecular weight excluding hydrogens is 442 g/mol. The predicted molar refractivity (Wildman–Crippen MR) is 92.1 cm³/mol. The van der Waals surface area contributed by atoms with Crippen LogP contribution in [0.1, 0.15) is 22.3 Å². The number of hydrogen-bond donors (Lipinski definition) is 2. The second-order valence-corrected chi connectivity index (χ2v) is 5.97. The quantitative estimate of drug-likeness (QED) is 0.223. The maximum Gasteiger partial charge on any atom is 0.418 e. The minimum Gasteiger partial charge on any atom is -0.290 e. The van der Waals surface area contributed by atoms with E-state index in [1.54, 1.807) is 0 Å². The first-order valence-electron chi connectivity index (χ1n) is 7.87. The number of aryl methyl sites for hydroxylation is 1. The van der Waals surface area contributed by atoms with Gasteiger partial charge < -0.3 is 0 Å². The molecule has 0 heterocycles. The van der Waals surface area contributed by atoms with Crippen LogP contribution in [-0.4, -0.2) is 20.9 Å². The number of rotatable bonds is 4. The molecule has 0 aromatic heterocycles. The van der Waals surface area contributed by atoms with E-state index in [0.29, 0.717) is 12.1 Å². The maximum absolute atomic E-state index is 13.4. The van der Waals surface area contributed by atoms with Gasteiger partial charge in [0.15, 0.2) is 11.5 Å². The Labute approximate surface area is 167 Å². The van der Waals surface area contributed by atoms with E-state index in [4.69, 9.17) is 0 Å². The second-order valence-electron chi connectivity index (χ2n) is 5.97. The average molecular weight is 452 g/mol. The first-order valence-corrected chi connectivity index (χ1v) is 7.87. The van der Waals surface area contributed by atoms with Crippen LogP contribution in [0.5, 0.6) is 0 Å². The standard InChI is InChI=1S/C16H10F6N4O5/c1-7-4-8(15(17,18)19)2-3-10(7)14(24-27)23-13-11(16(20,21)22)5-9(25(28)29)6-12(13)26(30)31/h2-6,27H,1H3,(H,23,24). The third-order valence-corrected chi connectivity index (χ3v) is 3.93. The van der Waals surface area contributed by atoms with Gasteiger partial charge in [0.2, 0.25) is 0 Å². The smallest absolute Gasteiger partial charge is 0.290 e. The molecule has 2 N–H and O–H groups in total. The van der Waals surface area contributed by atoms with Crippen molar-refractivity contribution >= 4 is 22.9 Å². The van der Waals surface area contributed by atoms with Crippen LogP contribution in [0, 0.1) is 27.2 Å². The van der Waals surface area contributed by atoms with Crippen molar-refractivity contribution in [2.45, 2.75) is 19.3 Å². The van der Waals surface area contributed by atoms with Gasteiger partial charge in [0.05, 0.1) is 27.0 Å². The van der Waals surface area contributed by atoms with Crippen molar-refractivity contribution in [1.29, 1.82) is 0 Å². The number of benzene rings is 2. The van der Waals surface area contributed by atoms with E-state index in [-0.39, 0.29) is 23.3 Å². The van der Waals surface area contributed by atoms with Gasteiger partial charge in [-0.3, -0.25) is 30.9 Å². The monoisotopic (exact) mass is 452 g/mol. The van der Waals surface area contributed by atoms with E-state index in [1.807, 2.05) is 0 Å². The highest BCUT2D eigenvalue weighted by molar-refractivity contribution is 6.01. The number of halogens is 6. The topological polar surface area (TPSA) is 131 Å². The van der Waals surface area contributed by atoms with E-state index in [0.717, 1.165) is 13.0 Å². The van der Waals surface area contributed by atoms with Crippen molar-refractivity contribution in [3.05, 3.63) is 72.8 Å². The number of nitro benzene ring substituents is 2. The number of hydroxylamine groups is 1. The number of nitro groups is 2. The SMILES string of the molecule is Cc1cc(C(F)(F)F)ccc1C(=Nc1c([N+](=O)[O-])cc([N+](=O)[O-])cc1C(F)(F)F)NO. The van der Waals surface area contributed by atoms with Gasteiger partial charge in [-0.2, -0.15) is 26.3 Å². The zero-order chi connectivity index (χ0) is 23.7. The Morgan fingerprint density at radius 1 is 1.00 bits per heavy atom. The summed E-state index contributed by atoms with van der Waals surface area (Å²) in [5.41, 5.74) is -6.08. The summed E-state index contributed by atoms with van der Waals surface area (Å²) in [6.45, 7) is 1.13. The number of nitrogens with one attached hydrogen (secondary N) is 1. The van der Waals surface area contributed by atoms with Crippen molar-refractivity contribution in [2.75, 3.05) is 0 Å². The van der Waals surface area contributed by atoms with Gasteiger partial charge in [-0.1, -0.05) is 6.07 Å². The minimum absolute atomic E-state index is 0.0143. The van der Waals surface area contributed by atoms with Crippen molar-refractivity contribution in [3.63, 3.8) is 0 Å². The minimum atomic E-state index is -5.33. The van der Waals surface area contributed by atoms with E-state index in [1.165, 1.54) is 5.48 Å². The molecule has 9 nitrogen and oxygen atoms in total.